The number of para-hydroxylation sites is 2. The molecule has 6 aromatic rings. The third kappa shape index (κ3) is 3.11. The molecule has 2 unspecified atom stereocenters. The lowest BCUT2D eigenvalue weighted by Gasteiger charge is -2.23. The first-order valence-electron chi connectivity index (χ1n) is 14.2. The predicted octanol–water partition coefficient (Wildman–Crippen LogP) is 6.81. The maximum atomic E-state index is 6.64. The van der Waals surface area contributed by atoms with Gasteiger partial charge < -0.3 is 25.2 Å². The van der Waals surface area contributed by atoms with Crippen LogP contribution in [0.3, 0.4) is 0 Å². The number of nitrogens with zero attached hydrogens (tertiary/aromatic N) is 1. The molecule has 0 saturated heterocycles. The van der Waals surface area contributed by atoms with Gasteiger partial charge in [0.2, 0.25) is 0 Å². The molecule has 0 spiro atoms. The molecule has 1 aliphatic heterocycles. The van der Waals surface area contributed by atoms with Crippen LogP contribution >= 0.6 is 0 Å². The van der Waals surface area contributed by atoms with Crippen molar-refractivity contribution in [2.45, 2.75) is 24.9 Å². The molecule has 2 aliphatic carbocycles. The van der Waals surface area contributed by atoms with Crippen LogP contribution in [0, 0.1) is 0 Å². The minimum Gasteiger partial charge on any atom is -0.482 e. The van der Waals surface area contributed by atoms with Crippen LogP contribution in [0.15, 0.2) is 89.4 Å². The first-order chi connectivity index (χ1) is 20.2. The standard InChI is InChI=1S/C36H27N3O2/c37-21-13-14-22(20-12-17-33-27(18-20)23-6-2-4-11-32(23)40-33)31(19-21)39-29-10-3-1-7-26(29)34-30(39)16-15-25-24-8-5-9-28(38)35(24)41-36(25)34/h2,4-19,25,36H,1,3,37-38H2. The molecular formula is C36H27N3O2. The molecule has 2 atom stereocenters. The van der Waals surface area contributed by atoms with Gasteiger partial charge in [0.15, 0.2) is 0 Å². The average Bonchev–Trinajstić information content (AvgIpc) is 3.67. The quantitative estimate of drug-likeness (QED) is 0.240. The Hall–Kier alpha value is -5.16. The first-order valence-corrected chi connectivity index (χ1v) is 14.2. The highest BCUT2D eigenvalue weighted by molar-refractivity contribution is 6.06. The van der Waals surface area contributed by atoms with Crippen molar-refractivity contribution >= 4 is 51.5 Å². The van der Waals surface area contributed by atoms with Crippen LogP contribution in [0.2, 0.25) is 0 Å². The third-order valence-electron chi connectivity index (χ3n) is 8.88. The van der Waals surface area contributed by atoms with Gasteiger partial charge in [0.05, 0.1) is 17.1 Å². The van der Waals surface area contributed by atoms with Gasteiger partial charge in [-0.05, 0) is 60.9 Å². The molecule has 3 aliphatic rings. The van der Waals surface area contributed by atoms with Gasteiger partial charge in [0.1, 0.15) is 23.0 Å². The number of hydrogen-bond donors (Lipinski definition) is 2. The fourth-order valence-corrected chi connectivity index (χ4v) is 7.08. The fraction of sp³-hybridized carbons (Fsp3) is 0.111. The van der Waals surface area contributed by atoms with Crippen molar-refractivity contribution in [3.8, 4) is 22.6 Å². The van der Waals surface area contributed by atoms with Crippen LogP contribution in [0.1, 0.15) is 41.7 Å². The summed E-state index contributed by atoms with van der Waals surface area (Å²) in [5.74, 6) is 0.944. The molecule has 9 rings (SSSR count). The lowest BCUT2D eigenvalue weighted by Crippen LogP contribution is -2.33. The summed E-state index contributed by atoms with van der Waals surface area (Å²) in [6.07, 6.45) is 11.1. The number of aromatic nitrogens is 1. The molecule has 4 N–H and O–H groups in total. The van der Waals surface area contributed by atoms with E-state index in [0.717, 1.165) is 74.3 Å². The molecule has 0 saturated carbocycles. The minimum absolute atomic E-state index is 0.120. The number of nitrogens with two attached hydrogens (primary N) is 2. The van der Waals surface area contributed by atoms with E-state index < -0.39 is 0 Å². The Balaban J connectivity index is 1.29. The predicted molar refractivity (Wildman–Crippen MR) is 166 cm³/mol. The molecule has 5 heteroatoms. The van der Waals surface area contributed by atoms with E-state index in [-0.39, 0.29) is 12.0 Å². The van der Waals surface area contributed by atoms with Crippen molar-refractivity contribution < 1.29 is 9.15 Å². The highest BCUT2D eigenvalue weighted by Crippen LogP contribution is 2.51. The second-order valence-corrected chi connectivity index (χ2v) is 11.2. The maximum Gasteiger partial charge on any atom is 0.147 e. The number of rotatable bonds is 2. The van der Waals surface area contributed by atoms with Crippen molar-refractivity contribution in [2.24, 2.45) is 0 Å². The summed E-state index contributed by atoms with van der Waals surface area (Å²) in [5.41, 5.74) is 22.8. The lowest BCUT2D eigenvalue weighted by molar-refractivity contribution is 0.223. The second kappa shape index (κ2) is 8.18. The van der Waals surface area contributed by atoms with Gasteiger partial charge in [-0.25, -0.2) is 0 Å². The van der Waals surface area contributed by atoms with Crippen molar-refractivity contribution in [3.05, 3.63) is 112 Å². The molecule has 0 fully saturated rings. The van der Waals surface area contributed by atoms with E-state index in [0.29, 0.717) is 5.69 Å². The zero-order chi connectivity index (χ0) is 27.2. The smallest absolute Gasteiger partial charge is 0.147 e. The Bertz CT molecular complexity index is 2230. The van der Waals surface area contributed by atoms with Gasteiger partial charge >= 0.3 is 0 Å². The summed E-state index contributed by atoms with van der Waals surface area (Å²) in [7, 11) is 0. The number of benzene rings is 4. The molecule has 5 nitrogen and oxygen atoms in total. The van der Waals surface area contributed by atoms with Gasteiger partial charge in [-0.3, -0.25) is 0 Å². The average molecular weight is 534 g/mol. The maximum absolute atomic E-state index is 6.64. The number of hydrogen-bond acceptors (Lipinski definition) is 4. The third-order valence-corrected chi connectivity index (χ3v) is 8.88. The van der Waals surface area contributed by atoms with E-state index in [1.54, 1.807) is 0 Å². The molecule has 4 aromatic carbocycles. The SMILES string of the molecule is Nc1ccc(-c2ccc3oc4ccccc4c3c2)c(-n2c3c(c4c2=CCCC=4)C2Oc4c(N)cccc4C2C=C3)c1. The fourth-order valence-electron chi connectivity index (χ4n) is 7.08. The van der Waals surface area contributed by atoms with Crippen LogP contribution in [-0.2, 0) is 0 Å². The molecule has 2 aromatic heterocycles. The molecule has 198 valence electrons. The summed E-state index contributed by atoms with van der Waals surface area (Å²) in [4.78, 5) is 0. The van der Waals surface area contributed by atoms with Crippen LogP contribution in [0.25, 0.3) is 57.0 Å². The molecule has 3 heterocycles. The summed E-state index contributed by atoms with van der Waals surface area (Å²) < 4.78 is 15.1. The van der Waals surface area contributed by atoms with E-state index >= 15 is 0 Å². The molecular weight excluding hydrogens is 506 g/mol. The highest BCUT2D eigenvalue weighted by Gasteiger charge is 2.40. The molecule has 0 radical (unpaired) electrons. The van der Waals surface area contributed by atoms with E-state index in [4.69, 9.17) is 20.6 Å². The van der Waals surface area contributed by atoms with Crippen molar-refractivity contribution in [2.75, 3.05) is 11.5 Å². The van der Waals surface area contributed by atoms with E-state index in [9.17, 15) is 0 Å². The Kier molecular flexibility index (Phi) is 4.52. The van der Waals surface area contributed by atoms with Gasteiger partial charge in [-0.2, -0.15) is 0 Å². The minimum atomic E-state index is -0.120. The van der Waals surface area contributed by atoms with Crippen molar-refractivity contribution in [3.63, 3.8) is 0 Å². The van der Waals surface area contributed by atoms with E-state index in [1.165, 1.54) is 16.1 Å². The highest BCUT2D eigenvalue weighted by atomic mass is 16.5. The van der Waals surface area contributed by atoms with Gasteiger partial charge in [-0.1, -0.05) is 60.7 Å². The van der Waals surface area contributed by atoms with Crippen LogP contribution in [0.5, 0.6) is 5.75 Å². The summed E-state index contributed by atoms with van der Waals surface area (Å²) in [6, 6.07) is 26.9. The summed E-state index contributed by atoms with van der Waals surface area (Å²) in [5, 5.41) is 4.67. The number of anilines is 2. The van der Waals surface area contributed by atoms with Crippen LogP contribution in [-0.4, -0.2) is 4.57 Å². The van der Waals surface area contributed by atoms with Gasteiger partial charge in [0, 0.05) is 49.6 Å². The zero-order valence-electron chi connectivity index (χ0n) is 22.3. The Morgan fingerprint density at radius 2 is 1.68 bits per heavy atom. The van der Waals surface area contributed by atoms with Gasteiger partial charge in [-0.15, -0.1) is 0 Å². The monoisotopic (exact) mass is 533 g/mol. The zero-order valence-corrected chi connectivity index (χ0v) is 22.3. The Morgan fingerprint density at radius 3 is 2.63 bits per heavy atom. The van der Waals surface area contributed by atoms with E-state index in [2.05, 4.69) is 77.4 Å². The number of furan rings is 1. The molecule has 0 amide bonds. The lowest BCUT2D eigenvalue weighted by atomic mass is 9.85. The Labute approximate surface area is 236 Å². The normalized spacial score (nSPS) is 18.2. The topological polar surface area (TPSA) is 79.3 Å². The molecule has 41 heavy (non-hydrogen) atoms. The summed E-state index contributed by atoms with van der Waals surface area (Å²) in [6.45, 7) is 0. The Morgan fingerprint density at radius 1 is 0.805 bits per heavy atom. The van der Waals surface area contributed by atoms with E-state index in [1.807, 2.05) is 30.3 Å². The van der Waals surface area contributed by atoms with Crippen LogP contribution < -0.4 is 26.8 Å². The number of fused-ring (bicyclic) bond motifs is 10. The van der Waals surface area contributed by atoms with Gasteiger partial charge in [0.25, 0.3) is 0 Å². The second-order valence-electron chi connectivity index (χ2n) is 11.2. The largest absolute Gasteiger partial charge is 0.482 e. The summed E-state index contributed by atoms with van der Waals surface area (Å²) >= 11 is 0. The number of ether oxygens (including phenoxy) is 1. The number of nitrogen functional groups attached to an aromatic ring is 2. The van der Waals surface area contributed by atoms with Crippen molar-refractivity contribution in [1.29, 1.82) is 0 Å². The molecule has 0 bridgehead atoms. The first kappa shape index (κ1) is 22.6. The van der Waals surface area contributed by atoms with Crippen molar-refractivity contribution in [1.82, 2.24) is 4.57 Å². The van der Waals surface area contributed by atoms with Crippen LogP contribution in [0.4, 0.5) is 11.4 Å².